The van der Waals surface area contributed by atoms with Crippen molar-refractivity contribution in [2.24, 2.45) is 0 Å². The highest BCUT2D eigenvalue weighted by atomic mass is 35.5. The zero-order valence-electron chi connectivity index (χ0n) is 8.63. The molecule has 2 N–H and O–H groups in total. The Hall–Kier alpha value is -1.55. The third-order valence-corrected chi connectivity index (χ3v) is 2.66. The predicted octanol–water partition coefficient (Wildman–Crippen LogP) is 3.28. The van der Waals surface area contributed by atoms with Crippen molar-refractivity contribution in [3.63, 3.8) is 0 Å². The molecule has 0 amide bonds. The van der Waals surface area contributed by atoms with Crippen LogP contribution in [0.3, 0.4) is 0 Å². The number of anilines is 1. The monoisotopic (exact) mass is 240 g/mol. The molecule has 2 aromatic rings. The van der Waals surface area contributed by atoms with Crippen LogP contribution < -0.4 is 5.73 Å². The molecule has 0 fully saturated rings. The lowest BCUT2D eigenvalue weighted by atomic mass is 10.1. The Bertz CT molecular complexity index is 525. The predicted molar refractivity (Wildman–Crippen MR) is 60.7 cm³/mol. The minimum atomic E-state index is -0.490. The number of nitrogen functional groups attached to an aromatic ring is 1. The van der Waals surface area contributed by atoms with Gasteiger partial charge in [-0.05, 0) is 24.6 Å². The summed E-state index contributed by atoms with van der Waals surface area (Å²) in [4.78, 5) is 0. The second kappa shape index (κ2) is 4.14. The van der Waals surface area contributed by atoms with Gasteiger partial charge in [-0.1, -0.05) is 23.7 Å². The zero-order chi connectivity index (χ0) is 11.7. The Kier molecular flexibility index (Phi) is 2.83. The fourth-order valence-electron chi connectivity index (χ4n) is 1.53. The van der Waals surface area contributed by atoms with E-state index in [1.807, 2.05) is 6.92 Å². The van der Waals surface area contributed by atoms with Crippen LogP contribution in [0.2, 0.25) is 5.02 Å². The van der Waals surface area contributed by atoms with Gasteiger partial charge < -0.3 is 10.3 Å². The standard InChI is InChI=1S/C11H10ClFN2O/c1-2-7-10(16-15-11(7)14)6-3-4-8(12)9(13)5-6/h3-5H,2H2,1H3,(H2,14,15). The molecule has 5 heteroatoms. The van der Waals surface area contributed by atoms with Crippen molar-refractivity contribution in [1.29, 1.82) is 0 Å². The number of nitrogens with two attached hydrogens (primary N) is 1. The molecule has 0 aliphatic heterocycles. The van der Waals surface area contributed by atoms with E-state index in [1.54, 1.807) is 6.07 Å². The minimum absolute atomic E-state index is 0.0780. The average Bonchev–Trinajstić information content (AvgIpc) is 2.63. The summed E-state index contributed by atoms with van der Waals surface area (Å²) in [5.41, 5.74) is 7.00. The number of rotatable bonds is 2. The summed E-state index contributed by atoms with van der Waals surface area (Å²) in [6, 6.07) is 4.45. The fraction of sp³-hybridized carbons (Fsp3) is 0.182. The molecule has 0 unspecified atom stereocenters. The Morgan fingerprint density at radius 2 is 2.25 bits per heavy atom. The van der Waals surface area contributed by atoms with Crippen molar-refractivity contribution in [2.45, 2.75) is 13.3 Å². The highest BCUT2D eigenvalue weighted by Crippen LogP contribution is 2.30. The van der Waals surface area contributed by atoms with Crippen molar-refractivity contribution in [3.8, 4) is 11.3 Å². The van der Waals surface area contributed by atoms with E-state index in [2.05, 4.69) is 5.16 Å². The summed E-state index contributed by atoms with van der Waals surface area (Å²) in [5, 5.41) is 3.74. The molecule has 0 saturated carbocycles. The maximum Gasteiger partial charge on any atom is 0.172 e. The third-order valence-electron chi connectivity index (χ3n) is 2.35. The van der Waals surface area contributed by atoms with E-state index < -0.39 is 5.82 Å². The van der Waals surface area contributed by atoms with Crippen LogP contribution in [0.25, 0.3) is 11.3 Å². The highest BCUT2D eigenvalue weighted by molar-refractivity contribution is 6.30. The van der Waals surface area contributed by atoms with Gasteiger partial charge in [0.05, 0.1) is 5.02 Å². The number of hydrogen-bond acceptors (Lipinski definition) is 3. The summed E-state index contributed by atoms with van der Waals surface area (Å²) in [5.74, 6) is 0.347. The number of nitrogens with zero attached hydrogens (tertiary/aromatic N) is 1. The number of halogens is 2. The van der Waals surface area contributed by atoms with Crippen molar-refractivity contribution >= 4 is 17.4 Å². The maximum absolute atomic E-state index is 13.3. The molecule has 1 aromatic heterocycles. The van der Waals surface area contributed by atoms with E-state index in [1.165, 1.54) is 12.1 Å². The molecule has 0 aliphatic rings. The molecule has 84 valence electrons. The molecule has 0 spiro atoms. The fourth-order valence-corrected chi connectivity index (χ4v) is 1.64. The first-order valence-corrected chi connectivity index (χ1v) is 5.20. The van der Waals surface area contributed by atoms with Gasteiger partial charge in [0, 0.05) is 11.1 Å². The van der Waals surface area contributed by atoms with Crippen molar-refractivity contribution < 1.29 is 8.91 Å². The molecular weight excluding hydrogens is 231 g/mol. The van der Waals surface area contributed by atoms with Crippen LogP contribution in [0.5, 0.6) is 0 Å². The van der Waals surface area contributed by atoms with Gasteiger partial charge in [0.1, 0.15) is 5.82 Å². The molecule has 2 rings (SSSR count). The summed E-state index contributed by atoms with van der Waals surface area (Å²) in [6.45, 7) is 1.93. The van der Waals surface area contributed by atoms with E-state index >= 15 is 0 Å². The van der Waals surface area contributed by atoms with Crippen molar-refractivity contribution in [1.82, 2.24) is 5.16 Å². The lowest BCUT2D eigenvalue weighted by molar-refractivity contribution is 0.435. The van der Waals surface area contributed by atoms with Crippen LogP contribution in [0.4, 0.5) is 10.2 Å². The first-order valence-electron chi connectivity index (χ1n) is 4.83. The lowest BCUT2D eigenvalue weighted by Crippen LogP contribution is -1.91. The first-order chi connectivity index (χ1) is 7.63. The van der Waals surface area contributed by atoms with Crippen molar-refractivity contribution in [3.05, 3.63) is 34.6 Å². The molecule has 1 heterocycles. The van der Waals surface area contributed by atoms with E-state index in [9.17, 15) is 4.39 Å². The highest BCUT2D eigenvalue weighted by Gasteiger charge is 2.15. The molecule has 0 radical (unpaired) electrons. The van der Waals surface area contributed by atoms with E-state index in [0.717, 1.165) is 5.56 Å². The quantitative estimate of drug-likeness (QED) is 0.876. The Morgan fingerprint density at radius 3 is 2.88 bits per heavy atom. The van der Waals surface area contributed by atoms with Crippen LogP contribution in [0.15, 0.2) is 22.7 Å². The van der Waals surface area contributed by atoms with Crippen LogP contribution in [-0.4, -0.2) is 5.16 Å². The van der Waals surface area contributed by atoms with E-state index in [0.29, 0.717) is 23.6 Å². The molecule has 1 aromatic carbocycles. The topological polar surface area (TPSA) is 52.0 Å². The summed E-state index contributed by atoms with van der Waals surface area (Å²) < 4.78 is 18.4. The largest absolute Gasteiger partial charge is 0.381 e. The van der Waals surface area contributed by atoms with Crippen LogP contribution >= 0.6 is 11.6 Å². The van der Waals surface area contributed by atoms with Gasteiger partial charge in [-0.3, -0.25) is 0 Å². The van der Waals surface area contributed by atoms with Gasteiger partial charge in [0.2, 0.25) is 0 Å². The second-order valence-corrected chi connectivity index (χ2v) is 3.77. The SMILES string of the molecule is CCc1c(N)noc1-c1ccc(Cl)c(F)c1. The Balaban J connectivity index is 2.54. The number of benzene rings is 1. The molecule has 16 heavy (non-hydrogen) atoms. The summed E-state index contributed by atoms with van der Waals surface area (Å²) in [7, 11) is 0. The zero-order valence-corrected chi connectivity index (χ0v) is 9.38. The number of hydrogen-bond donors (Lipinski definition) is 1. The van der Waals surface area contributed by atoms with Gasteiger partial charge in [-0.2, -0.15) is 0 Å². The summed E-state index contributed by atoms with van der Waals surface area (Å²) >= 11 is 5.60. The molecule has 0 aliphatic carbocycles. The maximum atomic E-state index is 13.3. The van der Waals surface area contributed by atoms with Gasteiger partial charge >= 0.3 is 0 Å². The van der Waals surface area contributed by atoms with E-state index in [4.69, 9.17) is 21.9 Å². The molecular formula is C11H10ClFN2O. The van der Waals surface area contributed by atoms with Crippen LogP contribution in [0, 0.1) is 5.82 Å². The molecule has 0 saturated heterocycles. The normalized spacial score (nSPS) is 10.7. The van der Waals surface area contributed by atoms with Gasteiger partial charge in [-0.25, -0.2) is 4.39 Å². The minimum Gasteiger partial charge on any atom is -0.381 e. The van der Waals surface area contributed by atoms with Crippen LogP contribution in [-0.2, 0) is 6.42 Å². The van der Waals surface area contributed by atoms with Crippen LogP contribution in [0.1, 0.15) is 12.5 Å². The number of aromatic nitrogens is 1. The Labute approximate surface area is 97.0 Å². The van der Waals surface area contributed by atoms with E-state index in [-0.39, 0.29) is 5.02 Å². The molecule has 3 nitrogen and oxygen atoms in total. The molecule has 0 atom stereocenters. The average molecular weight is 241 g/mol. The van der Waals surface area contributed by atoms with Gasteiger partial charge in [0.25, 0.3) is 0 Å². The molecule has 0 bridgehead atoms. The smallest absolute Gasteiger partial charge is 0.172 e. The summed E-state index contributed by atoms with van der Waals surface area (Å²) in [6.07, 6.45) is 0.676. The van der Waals surface area contributed by atoms with Gasteiger partial charge in [0.15, 0.2) is 11.6 Å². The Morgan fingerprint density at radius 1 is 1.50 bits per heavy atom. The third kappa shape index (κ3) is 1.76. The lowest BCUT2D eigenvalue weighted by Gasteiger charge is -2.00. The second-order valence-electron chi connectivity index (χ2n) is 3.36. The first kappa shape index (κ1) is 11.0. The van der Waals surface area contributed by atoms with Crippen molar-refractivity contribution in [2.75, 3.05) is 5.73 Å². The van der Waals surface area contributed by atoms with Gasteiger partial charge in [-0.15, -0.1) is 0 Å².